The van der Waals surface area contributed by atoms with E-state index in [1.807, 2.05) is 4.68 Å². The molecule has 0 spiro atoms. The molecule has 3 aliphatic heterocycles. The fourth-order valence-electron chi connectivity index (χ4n) is 2.94. The van der Waals surface area contributed by atoms with Crippen molar-refractivity contribution in [3.63, 3.8) is 0 Å². The van der Waals surface area contributed by atoms with Crippen LogP contribution in [-0.2, 0) is 11.3 Å². The Morgan fingerprint density at radius 1 is 1.43 bits per heavy atom. The lowest BCUT2D eigenvalue weighted by Crippen LogP contribution is -2.30. The van der Waals surface area contributed by atoms with Crippen molar-refractivity contribution in [3.8, 4) is 0 Å². The van der Waals surface area contributed by atoms with E-state index in [0.717, 1.165) is 57.8 Å². The zero-order chi connectivity index (χ0) is 14.1. The second-order valence-corrected chi connectivity index (χ2v) is 6.45. The summed E-state index contributed by atoms with van der Waals surface area (Å²) >= 11 is 1.75. The molecular weight excluding hydrogens is 286 g/mol. The summed E-state index contributed by atoms with van der Waals surface area (Å²) in [6.45, 7) is 4.57. The maximum Gasteiger partial charge on any atom is 0.167 e. The first-order chi connectivity index (χ1) is 10.4. The highest BCUT2D eigenvalue weighted by Gasteiger charge is 2.25. The Balaban J connectivity index is 1.36. The quantitative estimate of drug-likeness (QED) is 0.849. The summed E-state index contributed by atoms with van der Waals surface area (Å²) in [6.07, 6.45) is 5.27. The van der Waals surface area contributed by atoms with Crippen molar-refractivity contribution in [2.75, 3.05) is 26.3 Å². The monoisotopic (exact) mass is 305 g/mol. The first kappa shape index (κ1) is 13.3. The Labute approximate surface area is 128 Å². The Hall–Kier alpha value is -1.34. The van der Waals surface area contributed by atoms with Crippen molar-refractivity contribution < 1.29 is 4.74 Å². The topological polar surface area (TPSA) is 55.5 Å². The highest BCUT2D eigenvalue weighted by Crippen LogP contribution is 2.30. The molecule has 0 N–H and O–H groups in total. The fraction of sp³-hybridized carbons (Fsp3) is 0.643. The predicted octanol–water partition coefficient (Wildman–Crippen LogP) is 1.82. The zero-order valence-electron chi connectivity index (χ0n) is 11.9. The van der Waals surface area contributed by atoms with Gasteiger partial charge >= 0.3 is 0 Å². The van der Waals surface area contributed by atoms with E-state index in [2.05, 4.69) is 31.8 Å². The summed E-state index contributed by atoms with van der Waals surface area (Å²) in [5, 5.41) is 11.9. The molecule has 3 aliphatic rings. The molecule has 0 aromatic carbocycles. The smallest absolute Gasteiger partial charge is 0.167 e. The number of hydrogen-bond acceptors (Lipinski definition) is 6. The van der Waals surface area contributed by atoms with Gasteiger partial charge in [-0.2, -0.15) is 0 Å². The van der Waals surface area contributed by atoms with Gasteiger partial charge in [-0.1, -0.05) is 17.0 Å². The molecule has 0 aliphatic carbocycles. The van der Waals surface area contributed by atoms with Gasteiger partial charge in [-0.3, -0.25) is 9.67 Å². The maximum absolute atomic E-state index is 5.41. The molecule has 4 rings (SSSR count). The highest BCUT2D eigenvalue weighted by molar-refractivity contribution is 8.16. The van der Waals surface area contributed by atoms with Gasteiger partial charge in [-0.25, -0.2) is 0 Å². The molecule has 0 amide bonds. The molecule has 7 heteroatoms. The molecular formula is C14H19N5OS. The van der Waals surface area contributed by atoms with Crippen LogP contribution < -0.4 is 0 Å². The average molecular weight is 305 g/mol. The first-order valence-corrected chi connectivity index (χ1v) is 8.43. The number of amidine groups is 1. The molecule has 1 aromatic heterocycles. The van der Waals surface area contributed by atoms with Gasteiger partial charge in [-0.05, 0) is 18.2 Å². The number of nitrogens with zero attached hydrogens (tertiary/aromatic N) is 5. The molecule has 0 bridgehead atoms. The average Bonchev–Trinajstić information content (AvgIpc) is 3.25. The van der Waals surface area contributed by atoms with Crippen LogP contribution in [0.3, 0.4) is 0 Å². The SMILES string of the molecule is C1=C(CCn2cc([C@H]3CCOC3)nn2)N2CCCN=C2S1. The lowest BCUT2D eigenvalue weighted by atomic mass is 10.1. The number of hydrogen-bond donors (Lipinski definition) is 0. The lowest BCUT2D eigenvalue weighted by molar-refractivity contribution is 0.193. The number of aromatic nitrogens is 3. The molecule has 1 aromatic rings. The molecule has 0 radical (unpaired) electrons. The molecule has 1 fully saturated rings. The molecule has 4 heterocycles. The maximum atomic E-state index is 5.41. The van der Waals surface area contributed by atoms with Crippen LogP contribution >= 0.6 is 11.8 Å². The Morgan fingerprint density at radius 3 is 3.33 bits per heavy atom. The number of allylic oxidation sites excluding steroid dienone is 1. The van der Waals surface area contributed by atoms with Gasteiger partial charge in [0.1, 0.15) is 0 Å². The van der Waals surface area contributed by atoms with Crippen LogP contribution in [0.4, 0.5) is 0 Å². The van der Waals surface area contributed by atoms with Crippen molar-refractivity contribution in [1.82, 2.24) is 19.9 Å². The third-order valence-corrected chi connectivity index (χ3v) is 5.12. The number of aliphatic imine (C=N–C) groups is 1. The molecule has 112 valence electrons. The Bertz CT molecular complexity index is 576. The summed E-state index contributed by atoms with van der Waals surface area (Å²) in [4.78, 5) is 6.90. The van der Waals surface area contributed by atoms with Gasteiger partial charge in [-0.15, -0.1) is 5.10 Å². The summed E-state index contributed by atoms with van der Waals surface area (Å²) in [5.41, 5.74) is 2.43. The number of ether oxygens (including phenoxy) is 1. The van der Waals surface area contributed by atoms with Gasteiger partial charge in [0.15, 0.2) is 5.17 Å². The van der Waals surface area contributed by atoms with Gasteiger partial charge in [0.05, 0.1) is 12.3 Å². The molecule has 0 saturated carbocycles. The third-order valence-electron chi connectivity index (χ3n) is 4.17. The van der Waals surface area contributed by atoms with E-state index in [9.17, 15) is 0 Å². The van der Waals surface area contributed by atoms with Crippen molar-refractivity contribution in [2.24, 2.45) is 4.99 Å². The minimum absolute atomic E-state index is 0.431. The molecule has 1 atom stereocenters. The number of thioether (sulfide) groups is 1. The first-order valence-electron chi connectivity index (χ1n) is 7.55. The second-order valence-electron chi connectivity index (χ2n) is 5.61. The van der Waals surface area contributed by atoms with Crippen LogP contribution in [-0.4, -0.2) is 51.4 Å². The third kappa shape index (κ3) is 2.72. The summed E-state index contributed by atoms with van der Waals surface area (Å²) < 4.78 is 7.37. The largest absolute Gasteiger partial charge is 0.381 e. The second kappa shape index (κ2) is 5.81. The van der Waals surface area contributed by atoms with E-state index in [1.165, 1.54) is 10.9 Å². The van der Waals surface area contributed by atoms with Gasteiger partial charge in [0.2, 0.25) is 0 Å². The number of rotatable bonds is 4. The summed E-state index contributed by atoms with van der Waals surface area (Å²) in [7, 11) is 0. The minimum Gasteiger partial charge on any atom is -0.381 e. The highest BCUT2D eigenvalue weighted by atomic mass is 32.2. The molecule has 6 nitrogen and oxygen atoms in total. The Morgan fingerprint density at radius 2 is 2.43 bits per heavy atom. The van der Waals surface area contributed by atoms with Gasteiger partial charge < -0.3 is 9.64 Å². The van der Waals surface area contributed by atoms with Crippen molar-refractivity contribution >= 4 is 16.9 Å². The van der Waals surface area contributed by atoms with Crippen molar-refractivity contribution in [2.45, 2.75) is 31.7 Å². The molecule has 0 unspecified atom stereocenters. The standard InChI is InChI=1S/C14H19N5OS/c1-4-15-14-19(5-1)12(10-21-14)2-6-18-8-13(16-17-18)11-3-7-20-9-11/h8,10-11H,1-7,9H2/t11-/m0/s1. The van der Waals surface area contributed by atoms with E-state index in [4.69, 9.17) is 4.74 Å². The summed E-state index contributed by atoms with van der Waals surface area (Å²) in [5.74, 6) is 0.431. The van der Waals surface area contributed by atoms with Crippen molar-refractivity contribution in [1.29, 1.82) is 0 Å². The normalized spacial score (nSPS) is 25.0. The van der Waals surface area contributed by atoms with Crippen LogP contribution in [0.1, 0.15) is 30.9 Å². The predicted molar refractivity (Wildman–Crippen MR) is 82.1 cm³/mol. The van der Waals surface area contributed by atoms with E-state index < -0.39 is 0 Å². The molecule has 1 saturated heterocycles. The van der Waals surface area contributed by atoms with E-state index in [0.29, 0.717) is 5.92 Å². The Kier molecular flexibility index (Phi) is 3.69. The number of aryl methyl sites for hydroxylation is 1. The minimum atomic E-state index is 0.431. The molecule has 21 heavy (non-hydrogen) atoms. The van der Waals surface area contributed by atoms with Gasteiger partial charge in [0.25, 0.3) is 0 Å². The van der Waals surface area contributed by atoms with E-state index in [1.54, 1.807) is 11.8 Å². The van der Waals surface area contributed by atoms with E-state index in [-0.39, 0.29) is 0 Å². The van der Waals surface area contributed by atoms with Gasteiger partial charge in [0, 0.05) is 50.5 Å². The van der Waals surface area contributed by atoms with Crippen molar-refractivity contribution in [3.05, 3.63) is 23.0 Å². The van der Waals surface area contributed by atoms with Crippen LogP contribution in [0.15, 0.2) is 22.3 Å². The fourth-order valence-corrected chi connectivity index (χ4v) is 3.92. The van der Waals surface area contributed by atoms with Crippen LogP contribution in [0.5, 0.6) is 0 Å². The van der Waals surface area contributed by atoms with Crippen LogP contribution in [0, 0.1) is 0 Å². The summed E-state index contributed by atoms with van der Waals surface area (Å²) in [6, 6.07) is 0. The van der Waals surface area contributed by atoms with Crippen LogP contribution in [0.25, 0.3) is 0 Å². The zero-order valence-corrected chi connectivity index (χ0v) is 12.8. The van der Waals surface area contributed by atoms with E-state index >= 15 is 0 Å². The van der Waals surface area contributed by atoms with Crippen LogP contribution in [0.2, 0.25) is 0 Å². The lowest BCUT2D eigenvalue weighted by Gasteiger charge is -2.25. The number of fused-ring (bicyclic) bond motifs is 1.